The summed E-state index contributed by atoms with van der Waals surface area (Å²) in [7, 11) is 0. The van der Waals surface area contributed by atoms with Crippen LogP contribution in [-0.4, -0.2) is 34.2 Å². The molecule has 0 bridgehead atoms. The Morgan fingerprint density at radius 3 is 1.54 bits per heavy atom. The highest BCUT2D eigenvalue weighted by atomic mass is 16.4. The first-order valence-corrected chi connectivity index (χ1v) is 7.13. The van der Waals surface area contributed by atoms with E-state index in [1.165, 1.54) is 26.0 Å². The molecule has 0 aliphatic heterocycles. The summed E-state index contributed by atoms with van der Waals surface area (Å²) in [6.45, 7) is 9.83. The van der Waals surface area contributed by atoms with Crippen molar-refractivity contribution in [3.05, 3.63) is 36.4 Å². The number of carbonyl (C=O) groups excluding carboxylic acids is 2. The van der Waals surface area contributed by atoms with E-state index in [-0.39, 0.29) is 33.9 Å². The fourth-order valence-electron chi connectivity index (χ4n) is 1.74. The Labute approximate surface area is 148 Å². The lowest BCUT2D eigenvalue weighted by atomic mass is 10.1. The molecule has 0 saturated carbocycles. The van der Waals surface area contributed by atoms with E-state index in [2.05, 4.69) is 23.8 Å². The second-order valence-corrected chi connectivity index (χ2v) is 5.24. The SMILES string of the molecule is C=C(C)C(=O)Nc1ccc(NC(=O)O)c(NC(=O)O)c1NC(=O)C(=C)C. The molecule has 138 valence electrons. The summed E-state index contributed by atoms with van der Waals surface area (Å²) in [6, 6.07) is 2.52. The molecule has 0 fully saturated rings. The van der Waals surface area contributed by atoms with Crippen LogP contribution < -0.4 is 21.3 Å². The van der Waals surface area contributed by atoms with Gasteiger partial charge in [0.15, 0.2) is 0 Å². The molecule has 1 aromatic carbocycles. The van der Waals surface area contributed by atoms with Crippen LogP contribution in [0.15, 0.2) is 36.4 Å². The molecule has 6 N–H and O–H groups in total. The van der Waals surface area contributed by atoms with Crippen molar-refractivity contribution in [2.75, 3.05) is 21.3 Å². The lowest BCUT2D eigenvalue weighted by molar-refractivity contribution is -0.113. The number of carboxylic acid groups (broad SMARTS) is 2. The lowest BCUT2D eigenvalue weighted by Gasteiger charge is -2.19. The average molecular weight is 362 g/mol. The van der Waals surface area contributed by atoms with E-state index in [1.807, 2.05) is 10.6 Å². The first kappa shape index (κ1) is 20.2. The molecule has 0 unspecified atom stereocenters. The Morgan fingerprint density at radius 1 is 0.731 bits per heavy atom. The fourth-order valence-corrected chi connectivity index (χ4v) is 1.74. The second kappa shape index (κ2) is 8.33. The van der Waals surface area contributed by atoms with E-state index in [4.69, 9.17) is 10.2 Å². The molecule has 0 atom stereocenters. The first-order valence-electron chi connectivity index (χ1n) is 7.13. The highest BCUT2D eigenvalue weighted by Gasteiger charge is 2.20. The Kier molecular flexibility index (Phi) is 6.48. The van der Waals surface area contributed by atoms with E-state index < -0.39 is 24.0 Å². The smallest absolute Gasteiger partial charge is 0.409 e. The second-order valence-electron chi connectivity index (χ2n) is 5.24. The minimum atomic E-state index is -1.51. The third kappa shape index (κ3) is 5.37. The number of hydrogen-bond donors (Lipinski definition) is 6. The molecule has 10 heteroatoms. The maximum absolute atomic E-state index is 12.0. The van der Waals surface area contributed by atoms with Crippen LogP contribution in [0, 0.1) is 0 Å². The van der Waals surface area contributed by atoms with Crippen molar-refractivity contribution in [2.24, 2.45) is 0 Å². The number of benzene rings is 1. The molecule has 0 saturated heterocycles. The largest absolute Gasteiger partial charge is 0.465 e. The van der Waals surface area contributed by atoms with Crippen LogP contribution >= 0.6 is 0 Å². The maximum Gasteiger partial charge on any atom is 0.409 e. The van der Waals surface area contributed by atoms with Crippen LogP contribution in [-0.2, 0) is 9.59 Å². The molecule has 0 aliphatic carbocycles. The molecule has 0 aliphatic rings. The number of amides is 4. The Bertz CT molecular complexity index is 815. The monoisotopic (exact) mass is 362 g/mol. The van der Waals surface area contributed by atoms with Crippen molar-refractivity contribution in [3.8, 4) is 0 Å². The number of anilines is 4. The summed E-state index contributed by atoms with van der Waals surface area (Å²) >= 11 is 0. The van der Waals surface area contributed by atoms with E-state index >= 15 is 0 Å². The van der Waals surface area contributed by atoms with Gasteiger partial charge >= 0.3 is 12.2 Å². The zero-order chi connectivity index (χ0) is 20.0. The maximum atomic E-state index is 12.0. The van der Waals surface area contributed by atoms with Crippen molar-refractivity contribution in [3.63, 3.8) is 0 Å². The average Bonchev–Trinajstić information content (AvgIpc) is 2.51. The summed E-state index contributed by atoms with van der Waals surface area (Å²) in [6.07, 6.45) is -2.96. The number of hydrogen-bond acceptors (Lipinski definition) is 4. The standard InChI is InChI=1S/C16H18N4O6/c1-7(2)13(21)17-9-5-6-10(18-15(23)24)12(20-16(25)26)11(9)19-14(22)8(3)4/h5-6,18,20H,1,3H2,2,4H3,(H,17,21)(H,19,22)(H,23,24)(H,25,26). The first-order chi connectivity index (χ1) is 12.0. The van der Waals surface area contributed by atoms with Gasteiger partial charge in [-0.1, -0.05) is 13.2 Å². The molecule has 4 amide bonds. The molecule has 1 aromatic rings. The summed E-state index contributed by atoms with van der Waals surface area (Å²) in [5.74, 6) is -1.23. The number of rotatable bonds is 6. The van der Waals surface area contributed by atoms with E-state index in [9.17, 15) is 19.2 Å². The third-order valence-electron chi connectivity index (χ3n) is 2.94. The highest BCUT2D eigenvalue weighted by molar-refractivity contribution is 6.14. The fraction of sp³-hybridized carbons (Fsp3) is 0.125. The van der Waals surface area contributed by atoms with Gasteiger partial charge in [0.25, 0.3) is 11.8 Å². The van der Waals surface area contributed by atoms with Crippen molar-refractivity contribution in [2.45, 2.75) is 13.8 Å². The van der Waals surface area contributed by atoms with Gasteiger partial charge in [-0.15, -0.1) is 0 Å². The van der Waals surface area contributed by atoms with Crippen molar-refractivity contribution >= 4 is 46.8 Å². The van der Waals surface area contributed by atoms with Gasteiger partial charge in [0.2, 0.25) is 0 Å². The topological polar surface area (TPSA) is 157 Å². The van der Waals surface area contributed by atoms with Gasteiger partial charge in [0.05, 0.1) is 22.7 Å². The van der Waals surface area contributed by atoms with Crippen LogP contribution in [0.1, 0.15) is 13.8 Å². The quantitative estimate of drug-likeness (QED) is 0.427. The van der Waals surface area contributed by atoms with Crippen LogP contribution in [0.5, 0.6) is 0 Å². The van der Waals surface area contributed by atoms with Crippen LogP contribution in [0.3, 0.4) is 0 Å². The minimum Gasteiger partial charge on any atom is -0.465 e. The van der Waals surface area contributed by atoms with E-state index in [0.717, 1.165) is 0 Å². The molecule has 0 heterocycles. The van der Waals surface area contributed by atoms with Crippen molar-refractivity contribution < 1.29 is 29.4 Å². The third-order valence-corrected chi connectivity index (χ3v) is 2.94. The molecule has 10 nitrogen and oxygen atoms in total. The number of nitrogens with one attached hydrogen (secondary N) is 4. The predicted molar refractivity (Wildman–Crippen MR) is 96.6 cm³/mol. The normalized spacial score (nSPS) is 9.62. The zero-order valence-electron chi connectivity index (χ0n) is 14.1. The molecule has 1 rings (SSSR count). The predicted octanol–water partition coefficient (Wildman–Crippen LogP) is 2.90. The van der Waals surface area contributed by atoms with Gasteiger partial charge in [-0.3, -0.25) is 20.2 Å². The summed E-state index contributed by atoms with van der Waals surface area (Å²) in [5, 5.41) is 26.8. The molecule has 26 heavy (non-hydrogen) atoms. The van der Waals surface area contributed by atoms with Crippen LogP contribution in [0.2, 0.25) is 0 Å². The van der Waals surface area contributed by atoms with Crippen molar-refractivity contribution in [1.29, 1.82) is 0 Å². The summed E-state index contributed by atoms with van der Waals surface area (Å²) in [4.78, 5) is 45.9. The molecule has 0 aromatic heterocycles. The Balaban J connectivity index is 3.57. The zero-order valence-corrected chi connectivity index (χ0v) is 14.1. The Hall–Kier alpha value is -3.82. The number of carbonyl (C=O) groups is 4. The summed E-state index contributed by atoms with van der Waals surface area (Å²) < 4.78 is 0. The van der Waals surface area contributed by atoms with Gasteiger partial charge in [-0.2, -0.15) is 0 Å². The van der Waals surface area contributed by atoms with E-state index in [0.29, 0.717) is 0 Å². The van der Waals surface area contributed by atoms with Gasteiger partial charge in [-0.25, -0.2) is 9.59 Å². The van der Waals surface area contributed by atoms with Crippen LogP contribution in [0.4, 0.5) is 32.3 Å². The summed E-state index contributed by atoms with van der Waals surface area (Å²) in [5.41, 5.74) is -0.254. The molecule has 0 spiro atoms. The molecular weight excluding hydrogens is 344 g/mol. The van der Waals surface area contributed by atoms with Gasteiger partial charge in [-0.05, 0) is 26.0 Å². The van der Waals surface area contributed by atoms with Crippen LogP contribution in [0.25, 0.3) is 0 Å². The molecule has 0 radical (unpaired) electrons. The van der Waals surface area contributed by atoms with Gasteiger partial charge in [0, 0.05) is 11.1 Å². The van der Waals surface area contributed by atoms with E-state index in [1.54, 1.807) is 0 Å². The molecular formula is C16H18N4O6. The van der Waals surface area contributed by atoms with Gasteiger partial charge < -0.3 is 20.8 Å². The van der Waals surface area contributed by atoms with Crippen molar-refractivity contribution in [1.82, 2.24) is 0 Å². The minimum absolute atomic E-state index is 0.0345. The highest BCUT2D eigenvalue weighted by Crippen LogP contribution is 2.38. The van der Waals surface area contributed by atoms with Gasteiger partial charge in [0.1, 0.15) is 0 Å². The Morgan fingerprint density at radius 2 is 1.12 bits per heavy atom. The lowest BCUT2D eigenvalue weighted by Crippen LogP contribution is -2.21.